The summed E-state index contributed by atoms with van der Waals surface area (Å²) in [5, 5.41) is 3.43. The average molecular weight is 327 g/mol. The summed E-state index contributed by atoms with van der Waals surface area (Å²) in [6, 6.07) is 9.60. The summed E-state index contributed by atoms with van der Waals surface area (Å²) in [4.78, 5) is 4.29. The summed E-state index contributed by atoms with van der Waals surface area (Å²) in [7, 11) is 2.10. The molecule has 1 unspecified atom stereocenters. The molecule has 1 fully saturated rings. The molecule has 0 amide bonds. The lowest BCUT2D eigenvalue weighted by molar-refractivity contribution is 0.280. The van der Waals surface area contributed by atoms with Crippen molar-refractivity contribution in [1.82, 2.24) is 5.32 Å². The molecule has 2 rings (SSSR count). The van der Waals surface area contributed by atoms with Gasteiger partial charge in [-0.1, -0.05) is 31.2 Å². The highest BCUT2D eigenvalue weighted by Crippen LogP contribution is 2.33. The Morgan fingerprint density at radius 3 is 2.62 bits per heavy atom. The smallest absolute Gasteiger partial charge is 0.0299 e. The molecule has 2 heteroatoms. The van der Waals surface area contributed by atoms with Crippen molar-refractivity contribution in [2.45, 2.75) is 71.3 Å². The number of rotatable bonds is 7. The number of nitrogens with one attached hydrogen (secondary N) is 1. The summed E-state index contributed by atoms with van der Waals surface area (Å²) < 4.78 is 0. The van der Waals surface area contributed by atoms with Gasteiger partial charge in [0.2, 0.25) is 0 Å². The predicted octanol–water partition coefficient (Wildman–Crippen LogP) is 5.80. The Balaban J connectivity index is 1.96. The number of hydrogen-bond acceptors (Lipinski definition) is 2. The Kier molecular flexibility index (Phi) is 7.71. The van der Waals surface area contributed by atoms with Gasteiger partial charge in [-0.2, -0.15) is 0 Å². The first kappa shape index (κ1) is 18.9. The first-order valence-electron chi connectivity index (χ1n) is 9.56. The molecule has 0 radical (unpaired) electrons. The van der Waals surface area contributed by atoms with E-state index >= 15 is 0 Å². The molecule has 2 nitrogen and oxygen atoms in total. The highest BCUT2D eigenvalue weighted by Gasteiger charge is 2.21. The Labute approximate surface area is 148 Å². The van der Waals surface area contributed by atoms with Crippen LogP contribution in [0, 0.1) is 5.92 Å². The molecule has 1 N–H and O–H groups in total. The van der Waals surface area contributed by atoms with Gasteiger partial charge in [0.25, 0.3) is 0 Å². The lowest BCUT2D eigenvalue weighted by atomic mass is 9.80. The van der Waals surface area contributed by atoms with Crippen molar-refractivity contribution in [2.75, 3.05) is 7.05 Å². The fourth-order valence-corrected chi connectivity index (χ4v) is 3.92. The van der Waals surface area contributed by atoms with E-state index < -0.39 is 0 Å². The Hall–Kier alpha value is -1.41. The Morgan fingerprint density at radius 1 is 1.25 bits per heavy atom. The topological polar surface area (TPSA) is 24.4 Å². The molecule has 1 saturated carbocycles. The van der Waals surface area contributed by atoms with E-state index in [0.29, 0.717) is 5.92 Å². The molecular weight excluding hydrogens is 292 g/mol. The molecule has 1 aromatic carbocycles. The molecule has 0 aromatic heterocycles. The summed E-state index contributed by atoms with van der Waals surface area (Å²) in [5.74, 6) is 1.53. The molecule has 1 aliphatic rings. The van der Waals surface area contributed by atoms with E-state index in [-0.39, 0.29) is 0 Å². The molecule has 132 valence electrons. The molecule has 24 heavy (non-hydrogen) atoms. The third kappa shape index (κ3) is 5.31. The molecule has 0 saturated heterocycles. The van der Waals surface area contributed by atoms with Crippen molar-refractivity contribution < 1.29 is 0 Å². The van der Waals surface area contributed by atoms with E-state index in [4.69, 9.17) is 0 Å². The molecule has 0 bridgehead atoms. The maximum Gasteiger partial charge on any atom is 0.0299 e. The van der Waals surface area contributed by atoms with E-state index in [1.165, 1.54) is 55.2 Å². The van der Waals surface area contributed by atoms with Crippen LogP contribution in [0.4, 0.5) is 0 Å². The van der Waals surface area contributed by atoms with Crippen molar-refractivity contribution in [3.05, 3.63) is 41.6 Å². The summed E-state index contributed by atoms with van der Waals surface area (Å²) in [6.45, 7) is 6.51. The van der Waals surface area contributed by atoms with Gasteiger partial charge in [-0.15, -0.1) is 0 Å². The van der Waals surface area contributed by atoms with Crippen LogP contribution in [-0.2, 0) is 0 Å². The van der Waals surface area contributed by atoms with Crippen LogP contribution in [0.1, 0.15) is 76.3 Å². The zero-order valence-corrected chi connectivity index (χ0v) is 15.9. The van der Waals surface area contributed by atoms with Gasteiger partial charge in [0.15, 0.2) is 0 Å². The monoisotopic (exact) mass is 326 g/mol. The van der Waals surface area contributed by atoms with E-state index in [0.717, 1.165) is 12.0 Å². The summed E-state index contributed by atoms with van der Waals surface area (Å²) in [5.41, 5.74) is 4.08. The van der Waals surface area contributed by atoms with Crippen LogP contribution >= 0.6 is 0 Å². The third-order valence-corrected chi connectivity index (χ3v) is 5.60. The zero-order chi connectivity index (χ0) is 17.4. The lowest BCUT2D eigenvalue weighted by Gasteiger charge is -2.29. The summed E-state index contributed by atoms with van der Waals surface area (Å²) in [6.07, 6.45) is 12.0. The van der Waals surface area contributed by atoms with Crippen LogP contribution in [0.5, 0.6) is 0 Å². The minimum absolute atomic E-state index is 0.608. The van der Waals surface area contributed by atoms with Crippen molar-refractivity contribution in [3.63, 3.8) is 0 Å². The van der Waals surface area contributed by atoms with Crippen LogP contribution in [0.2, 0.25) is 0 Å². The number of hydrogen-bond donors (Lipinski definition) is 1. The first-order valence-corrected chi connectivity index (χ1v) is 9.56. The van der Waals surface area contributed by atoms with Crippen LogP contribution in [0.25, 0.3) is 5.57 Å². The molecule has 1 aromatic rings. The van der Waals surface area contributed by atoms with Gasteiger partial charge in [0, 0.05) is 18.5 Å². The van der Waals surface area contributed by atoms with Crippen molar-refractivity contribution in [1.29, 1.82) is 0 Å². The third-order valence-electron chi connectivity index (χ3n) is 5.60. The van der Waals surface area contributed by atoms with Gasteiger partial charge >= 0.3 is 0 Å². The first-order chi connectivity index (χ1) is 11.7. The van der Waals surface area contributed by atoms with Crippen LogP contribution in [-0.4, -0.2) is 19.3 Å². The zero-order valence-electron chi connectivity index (χ0n) is 15.9. The normalized spacial score (nSPS) is 23.6. The summed E-state index contributed by atoms with van der Waals surface area (Å²) >= 11 is 0. The number of allylic oxidation sites excluding steroid dienone is 1. The fourth-order valence-electron chi connectivity index (χ4n) is 3.92. The highest BCUT2D eigenvalue weighted by molar-refractivity contribution is 5.68. The largest absolute Gasteiger partial charge is 0.317 e. The van der Waals surface area contributed by atoms with E-state index in [2.05, 4.69) is 55.5 Å². The number of benzene rings is 1. The maximum absolute atomic E-state index is 4.29. The molecule has 0 aliphatic heterocycles. The van der Waals surface area contributed by atoms with E-state index in [1.54, 1.807) is 0 Å². The maximum atomic E-state index is 4.29. The minimum atomic E-state index is 0.608. The van der Waals surface area contributed by atoms with Crippen molar-refractivity contribution >= 4 is 11.8 Å². The fraction of sp³-hybridized carbons (Fsp3) is 0.591. The van der Waals surface area contributed by atoms with Gasteiger partial charge in [0.05, 0.1) is 0 Å². The molecule has 1 atom stereocenters. The molecule has 0 heterocycles. The van der Waals surface area contributed by atoms with Gasteiger partial charge in [0.1, 0.15) is 0 Å². The van der Waals surface area contributed by atoms with Gasteiger partial charge in [-0.3, -0.25) is 4.99 Å². The highest BCUT2D eigenvalue weighted by atomic mass is 14.9. The number of aliphatic imine (C=N–C) groups is 1. The van der Waals surface area contributed by atoms with Gasteiger partial charge < -0.3 is 5.32 Å². The quantitative estimate of drug-likeness (QED) is 0.629. The average Bonchev–Trinajstić information content (AvgIpc) is 2.64. The molecule has 1 aliphatic carbocycles. The van der Waals surface area contributed by atoms with E-state index in [1.807, 2.05) is 19.3 Å². The van der Waals surface area contributed by atoms with E-state index in [9.17, 15) is 0 Å². The van der Waals surface area contributed by atoms with Gasteiger partial charge in [-0.25, -0.2) is 0 Å². The predicted molar refractivity (Wildman–Crippen MR) is 107 cm³/mol. The Bertz CT molecular complexity index is 551. The van der Waals surface area contributed by atoms with Crippen molar-refractivity contribution in [2.24, 2.45) is 10.9 Å². The van der Waals surface area contributed by atoms with Crippen LogP contribution in [0.15, 0.2) is 35.5 Å². The number of nitrogens with zero attached hydrogens (tertiary/aromatic N) is 1. The van der Waals surface area contributed by atoms with Crippen molar-refractivity contribution in [3.8, 4) is 0 Å². The molecular formula is C22H34N2. The second-order valence-electron chi connectivity index (χ2n) is 7.29. The molecule has 0 spiro atoms. The SMILES string of the molecule is CC=N/C=C(\C)c1ccccc1C(C)CCC1CCC(NC)CC1. The van der Waals surface area contributed by atoms with Crippen LogP contribution < -0.4 is 5.32 Å². The van der Waals surface area contributed by atoms with Gasteiger partial charge in [-0.05, 0) is 88.0 Å². The standard InChI is InChI=1S/C22H34N2/c1-5-24-16-18(3)22-9-7-6-8-21(22)17(2)10-11-19-12-14-20(23-4)15-13-19/h5-9,16-17,19-20,23H,10-15H2,1-4H3/b18-16+,24-5?. The second-order valence-corrected chi connectivity index (χ2v) is 7.29. The van der Waals surface area contributed by atoms with Crippen LogP contribution in [0.3, 0.4) is 0 Å². The lowest BCUT2D eigenvalue weighted by Crippen LogP contribution is -2.30. The Morgan fingerprint density at radius 2 is 1.96 bits per heavy atom. The minimum Gasteiger partial charge on any atom is -0.317 e. The second kappa shape index (κ2) is 9.78.